The Labute approximate surface area is 157 Å². The lowest BCUT2D eigenvalue weighted by atomic mass is 10.3. The normalized spacial score (nSPS) is 11.4. The molecule has 0 bridgehead atoms. The Bertz CT molecular complexity index is 704. The number of ether oxygens (including phenoxy) is 1. The van der Waals surface area contributed by atoms with Crippen molar-refractivity contribution in [3.05, 3.63) is 40.4 Å². The van der Waals surface area contributed by atoms with E-state index >= 15 is 0 Å². The Morgan fingerprint density at radius 1 is 1.32 bits per heavy atom. The van der Waals surface area contributed by atoms with Gasteiger partial charge in [-0.1, -0.05) is 23.2 Å². The van der Waals surface area contributed by atoms with Gasteiger partial charge in [0.05, 0.1) is 11.6 Å². The van der Waals surface area contributed by atoms with E-state index in [9.17, 15) is 0 Å². The molecule has 1 aromatic heterocycles. The Kier molecular flexibility index (Phi) is 7.81. The third-order valence-corrected chi connectivity index (χ3v) is 3.82. The maximum atomic E-state index is 6.07. The Balaban J connectivity index is 1.74. The summed E-state index contributed by atoms with van der Waals surface area (Å²) in [6, 6.07) is 5.19. The SMILES string of the molecule is CCNC(=NCc1ncnn1C)NCCCOc1ccc(Cl)cc1Cl. The molecule has 25 heavy (non-hydrogen) atoms. The summed E-state index contributed by atoms with van der Waals surface area (Å²) in [7, 11) is 1.84. The summed E-state index contributed by atoms with van der Waals surface area (Å²) < 4.78 is 7.36. The molecule has 0 saturated heterocycles. The molecule has 0 aliphatic carbocycles. The molecule has 1 aromatic carbocycles. The van der Waals surface area contributed by atoms with E-state index in [4.69, 9.17) is 27.9 Å². The Hall–Kier alpha value is -1.99. The van der Waals surface area contributed by atoms with Crippen LogP contribution in [0.1, 0.15) is 19.2 Å². The van der Waals surface area contributed by atoms with E-state index in [-0.39, 0.29) is 0 Å². The van der Waals surface area contributed by atoms with Gasteiger partial charge < -0.3 is 15.4 Å². The van der Waals surface area contributed by atoms with Crippen molar-refractivity contribution in [3.63, 3.8) is 0 Å². The van der Waals surface area contributed by atoms with Crippen LogP contribution in [0.15, 0.2) is 29.5 Å². The van der Waals surface area contributed by atoms with Crippen molar-refractivity contribution in [2.45, 2.75) is 19.9 Å². The zero-order valence-corrected chi connectivity index (χ0v) is 15.8. The molecule has 0 saturated carbocycles. The van der Waals surface area contributed by atoms with Gasteiger partial charge in [-0.15, -0.1) is 0 Å². The van der Waals surface area contributed by atoms with Crippen molar-refractivity contribution in [2.75, 3.05) is 19.7 Å². The lowest BCUT2D eigenvalue weighted by Gasteiger charge is -2.12. The molecule has 0 fully saturated rings. The van der Waals surface area contributed by atoms with Crippen molar-refractivity contribution in [2.24, 2.45) is 12.0 Å². The molecule has 0 aliphatic rings. The predicted molar refractivity (Wildman–Crippen MR) is 100 cm³/mol. The molecule has 7 nitrogen and oxygen atoms in total. The molecular weight excluding hydrogens is 363 g/mol. The van der Waals surface area contributed by atoms with Crippen LogP contribution in [0.4, 0.5) is 0 Å². The van der Waals surface area contributed by atoms with Gasteiger partial charge in [0.2, 0.25) is 0 Å². The Morgan fingerprint density at radius 3 is 2.84 bits per heavy atom. The number of nitrogens with one attached hydrogen (secondary N) is 2. The van der Waals surface area contributed by atoms with Gasteiger partial charge in [0.25, 0.3) is 0 Å². The number of hydrogen-bond acceptors (Lipinski definition) is 4. The highest BCUT2D eigenvalue weighted by atomic mass is 35.5. The van der Waals surface area contributed by atoms with Crippen molar-refractivity contribution in [1.29, 1.82) is 0 Å². The quantitative estimate of drug-likeness (QED) is 0.415. The number of rotatable bonds is 8. The number of aryl methyl sites for hydroxylation is 1. The van der Waals surface area contributed by atoms with E-state index < -0.39 is 0 Å². The van der Waals surface area contributed by atoms with Gasteiger partial charge in [-0.05, 0) is 31.5 Å². The fourth-order valence-electron chi connectivity index (χ4n) is 2.01. The fourth-order valence-corrected chi connectivity index (χ4v) is 2.47. The van der Waals surface area contributed by atoms with Crippen molar-refractivity contribution < 1.29 is 4.74 Å². The second-order valence-corrected chi connectivity index (χ2v) is 6.04. The number of guanidine groups is 1. The lowest BCUT2D eigenvalue weighted by Crippen LogP contribution is -2.38. The van der Waals surface area contributed by atoms with E-state index in [0.717, 1.165) is 31.3 Å². The standard InChI is InChI=1S/C16H22Cl2N6O/c1-3-19-16(21-10-15-22-11-23-24(15)2)20-7-4-8-25-14-6-5-12(17)9-13(14)18/h5-6,9,11H,3-4,7-8,10H2,1-2H3,(H2,19,20,21). The lowest BCUT2D eigenvalue weighted by molar-refractivity contribution is 0.311. The first-order valence-corrected chi connectivity index (χ1v) is 8.78. The van der Waals surface area contributed by atoms with E-state index in [0.29, 0.717) is 28.9 Å². The van der Waals surface area contributed by atoms with Gasteiger partial charge in [0, 0.05) is 25.2 Å². The van der Waals surface area contributed by atoms with Gasteiger partial charge in [-0.25, -0.2) is 9.98 Å². The minimum Gasteiger partial charge on any atom is -0.492 e. The van der Waals surface area contributed by atoms with Gasteiger partial charge in [0.15, 0.2) is 5.96 Å². The van der Waals surface area contributed by atoms with Crippen LogP contribution >= 0.6 is 23.2 Å². The first-order valence-electron chi connectivity index (χ1n) is 8.03. The summed E-state index contributed by atoms with van der Waals surface area (Å²) in [6.07, 6.45) is 2.32. The highest BCUT2D eigenvalue weighted by molar-refractivity contribution is 6.35. The van der Waals surface area contributed by atoms with Crippen molar-refractivity contribution in [3.8, 4) is 5.75 Å². The van der Waals surface area contributed by atoms with Gasteiger partial charge in [0.1, 0.15) is 24.4 Å². The smallest absolute Gasteiger partial charge is 0.191 e. The Morgan fingerprint density at radius 2 is 2.16 bits per heavy atom. The first kappa shape index (κ1) is 19.3. The maximum Gasteiger partial charge on any atom is 0.191 e. The highest BCUT2D eigenvalue weighted by Gasteiger charge is 2.03. The second-order valence-electron chi connectivity index (χ2n) is 5.20. The van der Waals surface area contributed by atoms with E-state index in [1.54, 1.807) is 22.9 Å². The summed E-state index contributed by atoms with van der Waals surface area (Å²) in [6.45, 7) is 4.52. The molecule has 0 amide bonds. The summed E-state index contributed by atoms with van der Waals surface area (Å²) in [4.78, 5) is 8.64. The third-order valence-electron chi connectivity index (χ3n) is 3.29. The number of hydrogen-bond donors (Lipinski definition) is 2. The molecule has 2 rings (SSSR count). The van der Waals surface area contributed by atoms with Crippen molar-refractivity contribution in [1.82, 2.24) is 25.4 Å². The average Bonchev–Trinajstić information content (AvgIpc) is 2.99. The molecule has 0 atom stereocenters. The monoisotopic (exact) mass is 384 g/mol. The first-order chi connectivity index (χ1) is 12.1. The molecule has 2 N–H and O–H groups in total. The fraction of sp³-hybridized carbons (Fsp3) is 0.438. The predicted octanol–water partition coefficient (Wildman–Crippen LogP) is 2.65. The largest absolute Gasteiger partial charge is 0.492 e. The van der Waals surface area contributed by atoms with E-state index in [1.807, 2.05) is 14.0 Å². The average molecular weight is 385 g/mol. The molecular formula is C16H22Cl2N6O. The van der Waals surface area contributed by atoms with Gasteiger partial charge in [-0.2, -0.15) is 5.10 Å². The van der Waals surface area contributed by atoms with Crippen LogP contribution in [-0.4, -0.2) is 40.4 Å². The minimum atomic E-state index is 0.461. The van der Waals surface area contributed by atoms with Crippen molar-refractivity contribution >= 4 is 29.2 Å². The van der Waals surface area contributed by atoms with Crippen LogP contribution in [0, 0.1) is 0 Å². The molecule has 0 spiro atoms. The number of halogens is 2. The molecule has 136 valence electrons. The summed E-state index contributed by atoms with van der Waals surface area (Å²) in [5.41, 5.74) is 0. The number of aliphatic imine (C=N–C) groups is 1. The summed E-state index contributed by atoms with van der Waals surface area (Å²) >= 11 is 11.9. The zero-order valence-electron chi connectivity index (χ0n) is 14.3. The van der Waals surface area contributed by atoms with Crippen LogP contribution in [-0.2, 0) is 13.6 Å². The molecule has 1 heterocycles. The second kappa shape index (κ2) is 10.1. The molecule has 9 heteroatoms. The molecule has 0 unspecified atom stereocenters. The van der Waals surface area contributed by atoms with Crippen LogP contribution in [0.3, 0.4) is 0 Å². The number of benzene rings is 1. The molecule has 2 aromatic rings. The number of aromatic nitrogens is 3. The topological polar surface area (TPSA) is 76.4 Å². The van der Waals surface area contributed by atoms with Crippen LogP contribution < -0.4 is 15.4 Å². The van der Waals surface area contributed by atoms with E-state index in [2.05, 4.69) is 25.7 Å². The maximum absolute atomic E-state index is 6.07. The molecule has 0 radical (unpaired) electrons. The van der Waals surface area contributed by atoms with Gasteiger partial charge >= 0.3 is 0 Å². The zero-order chi connectivity index (χ0) is 18.1. The van der Waals surface area contributed by atoms with Crippen LogP contribution in [0.2, 0.25) is 10.0 Å². The molecule has 0 aliphatic heterocycles. The highest BCUT2D eigenvalue weighted by Crippen LogP contribution is 2.27. The third kappa shape index (κ3) is 6.43. The van der Waals surface area contributed by atoms with E-state index in [1.165, 1.54) is 6.33 Å². The number of nitrogens with zero attached hydrogens (tertiary/aromatic N) is 4. The minimum absolute atomic E-state index is 0.461. The summed E-state index contributed by atoms with van der Waals surface area (Å²) in [5.74, 6) is 2.17. The van der Waals surface area contributed by atoms with Gasteiger partial charge in [-0.3, -0.25) is 4.68 Å². The summed E-state index contributed by atoms with van der Waals surface area (Å²) in [5, 5.41) is 11.6. The van der Waals surface area contributed by atoms with Crippen LogP contribution in [0.5, 0.6) is 5.75 Å². The van der Waals surface area contributed by atoms with Crippen LogP contribution in [0.25, 0.3) is 0 Å².